The Morgan fingerprint density at radius 1 is 1.03 bits per heavy atom. The van der Waals surface area contributed by atoms with Crippen LogP contribution in [0.2, 0.25) is 0 Å². The van der Waals surface area contributed by atoms with Crippen LogP contribution in [0, 0.1) is 19.7 Å². The molecule has 2 aromatic carbocycles. The van der Waals surface area contributed by atoms with E-state index >= 15 is 0 Å². The highest BCUT2D eigenvalue weighted by Gasteiger charge is 2.24. The van der Waals surface area contributed by atoms with Crippen LogP contribution in [0.25, 0.3) is 22.6 Å². The molecule has 0 spiro atoms. The average molecular weight is 492 g/mol. The molecule has 1 amide bonds. The van der Waals surface area contributed by atoms with Crippen molar-refractivity contribution in [1.29, 1.82) is 0 Å². The Morgan fingerprint density at radius 3 is 2.51 bits per heavy atom. The Bertz CT molecular complexity index is 1330. The number of benzene rings is 2. The third-order valence-corrected chi connectivity index (χ3v) is 7.14. The predicted molar refractivity (Wildman–Crippen MR) is 132 cm³/mol. The van der Waals surface area contributed by atoms with Crippen molar-refractivity contribution in [3.63, 3.8) is 0 Å². The number of aromatic nitrogens is 3. The van der Waals surface area contributed by atoms with Crippen LogP contribution in [0.15, 0.2) is 53.1 Å². The monoisotopic (exact) mass is 491 g/mol. The molecule has 1 saturated heterocycles. The zero-order valence-electron chi connectivity index (χ0n) is 19.7. The van der Waals surface area contributed by atoms with Crippen molar-refractivity contribution in [2.75, 3.05) is 26.2 Å². The Labute approximate surface area is 207 Å². The first kappa shape index (κ1) is 23.3. The van der Waals surface area contributed by atoms with Crippen molar-refractivity contribution in [3.8, 4) is 22.6 Å². The van der Waals surface area contributed by atoms with E-state index in [1.54, 1.807) is 12.1 Å². The van der Waals surface area contributed by atoms with Gasteiger partial charge < -0.3 is 9.42 Å². The molecule has 0 unspecified atom stereocenters. The molecule has 180 valence electrons. The van der Waals surface area contributed by atoms with E-state index in [0.29, 0.717) is 37.8 Å². The molecule has 9 heteroatoms. The Balaban J connectivity index is 1.18. The van der Waals surface area contributed by atoms with E-state index in [4.69, 9.17) is 4.52 Å². The van der Waals surface area contributed by atoms with Gasteiger partial charge in [-0.05, 0) is 43.7 Å². The van der Waals surface area contributed by atoms with Gasteiger partial charge in [0.25, 0.3) is 0 Å². The number of carbonyl (C=O) groups is 1. The number of hydrogen-bond donors (Lipinski definition) is 0. The van der Waals surface area contributed by atoms with Gasteiger partial charge in [0.15, 0.2) is 0 Å². The lowest BCUT2D eigenvalue weighted by Crippen LogP contribution is -2.48. The molecule has 0 bridgehead atoms. The average Bonchev–Trinajstić information content (AvgIpc) is 3.46. The largest absolute Gasteiger partial charge is 0.340 e. The summed E-state index contributed by atoms with van der Waals surface area (Å²) in [6, 6.07) is 14.2. The summed E-state index contributed by atoms with van der Waals surface area (Å²) in [6.07, 6.45) is 0.293. The smallest absolute Gasteiger partial charge is 0.241 e. The summed E-state index contributed by atoms with van der Waals surface area (Å²) < 4.78 is 18.8. The summed E-state index contributed by atoms with van der Waals surface area (Å²) in [6.45, 7) is 7.26. The van der Waals surface area contributed by atoms with Crippen LogP contribution in [0.5, 0.6) is 0 Å². The van der Waals surface area contributed by atoms with Gasteiger partial charge in [0, 0.05) is 42.2 Å². The molecule has 0 radical (unpaired) electrons. The number of aryl methyl sites for hydroxylation is 2. The number of thiazole rings is 1. The number of rotatable bonds is 6. The standard InChI is InChI=1S/C26H26FN5O2S/c1-17-5-3-4-6-21(17)26-29-23(34-30-26)16-31-11-13-32(14-12-31)24(33)15-22-25(28-18(2)35-22)19-7-9-20(27)10-8-19/h3-10H,11-16H2,1-2H3. The first-order valence-corrected chi connectivity index (χ1v) is 12.4. The number of piperazine rings is 1. The molecule has 0 atom stereocenters. The molecule has 1 aliphatic rings. The molecule has 5 rings (SSSR count). The molecule has 0 N–H and O–H groups in total. The van der Waals surface area contributed by atoms with Gasteiger partial charge >= 0.3 is 0 Å². The zero-order chi connectivity index (χ0) is 24.4. The fourth-order valence-electron chi connectivity index (χ4n) is 4.27. The van der Waals surface area contributed by atoms with Crippen molar-refractivity contribution in [3.05, 3.63) is 75.7 Å². The van der Waals surface area contributed by atoms with E-state index in [9.17, 15) is 9.18 Å². The van der Waals surface area contributed by atoms with Gasteiger partial charge in [-0.2, -0.15) is 4.98 Å². The predicted octanol–water partition coefficient (Wildman–Crippen LogP) is 4.50. The molecule has 4 aromatic rings. The second-order valence-corrected chi connectivity index (χ2v) is 9.96. The number of amides is 1. The lowest BCUT2D eigenvalue weighted by atomic mass is 10.1. The highest BCUT2D eigenvalue weighted by molar-refractivity contribution is 7.12. The van der Waals surface area contributed by atoms with Gasteiger partial charge in [-0.1, -0.05) is 29.4 Å². The molecule has 0 aliphatic carbocycles. The van der Waals surface area contributed by atoms with Crippen molar-refractivity contribution in [2.24, 2.45) is 0 Å². The molecule has 1 fully saturated rings. The minimum atomic E-state index is -0.289. The highest BCUT2D eigenvalue weighted by Crippen LogP contribution is 2.29. The second kappa shape index (κ2) is 10.1. The first-order chi connectivity index (χ1) is 17.0. The molecule has 3 heterocycles. The first-order valence-electron chi connectivity index (χ1n) is 11.6. The summed E-state index contributed by atoms with van der Waals surface area (Å²) in [5.41, 5.74) is 3.66. The molecule has 35 heavy (non-hydrogen) atoms. The SMILES string of the molecule is Cc1nc(-c2ccc(F)cc2)c(CC(=O)N2CCN(Cc3nc(-c4ccccc4C)no3)CC2)s1. The van der Waals surface area contributed by atoms with Crippen molar-refractivity contribution >= 4 is 17.2 Å². The molecule has 0 saturated carbocycles. The summed E-state index contributed by atoms with van der Waals surface area (Å²) in [4.78, 5) is 27.2. The number of halogens is 1. The van der Waals surface area contributed by atoms with Gasteiger partial charge in [0.1, 0.15) is 5.82 Å². The summed E-state index contributed by atoms with van der Waals surface area (Å²) in [5.74, 6) is 0.968. The van der Waals surface area contributed by atoms with Crippen LogP contribution >= 0.6 is 11.3 Å². The van der Waals surface area contributed by atoms with E-state index in [1.807, 2.05) is 43.0 Å². The van der Waals surface area contributed by atoms with Gasteiger partial charge in [0.05, 0.1) is 23.7 Å². The van der Waals surface area contributed by atoms with Crippen molar-refractivity contribution in [2.45, 2.75) is 26.8 Å². The van der Waals surface area contributed by atoms with Gasteiger partial charge in [-0.3, -0.25) is 9.69 Å². The summed E-state index contributed by atoms with van der Waals surface area (Å²) in [7, 11) is 0. The number of nitrogens with zero attached hydrogens (tertiary/aromatic N) is 5. The Morgan fingerprint density at radius 2 is 1.77 bits per heavy atom. The van der Waals surface area contributed by atoms with Crippen LogP contribution in [0.4, 0.5) is 4.39 Å². The molecule has 1 aliphatic heterocycles. The molecule has 2 aromatic heterocycles. The summed E-state index contributed by atoms with van der Waals surface area (Å²) >= 11 is 1.52. The second-order valence-electron chi connectivity index (χ2n) is 8.67. The molecular weight excluding hydrogens is 465 g/mol. The normalized spacial score (nSPS) is 14.4. The third-order valence-electron chi connectivity index (χ3n) is 6.17. The minimum absolute atomic E-state index is 0.0799. The van der Waals surface area contributed by atoms with Crippen LogP contribution < -0.4 is 0 Å². The van der Waals surface area contributed by atoms with E-state index in [-0.39, 0.29) is 11.7 Å². The summed E-state index contributed by atoms with van der Waals surface area (Å²) in [5, 5.41) is 5.03. The van der Waals surface area contributed by atoms with Crippen LogP contribution in [0.1, 0.15) is 21.3 Å². The lowest BCUT2D eigenvalue weighted by molar-refractivity contribution is -0.132. The minimum Gasteiger partial charge on any atom is -0.340 e. The fraction of sp³-hybridized carbons (Fsp3) is 0.308. The van der Waals surface area contributed by atoms with E-state index in [2.05, 4.69) is 20.0 Å². The highest BCUT2D eigenvalue weighted by atomic mass is 32.1. The fourth-order valence-corrected chi connectivity index (χ4v) is 5.22. The maximum atomic E-state index is 13.3. The van der Waals surface area contributed by atoms with Crippen molar-refractivity contribution < 1.29 is 13.7 Å². The zero-order valence-corrected chi connectivity index (χ0v) is 20.5. The number of carbonyl (C=O) groups excluding carboxylic acids is 1. The van der Waals surface area contributed by atoms with E-state index in [1.165, 1.54) is 23.5 Å². The third kappa shape index (κ3) is 5.31. The van der Waals surface area contributed by atoms with Crippen molar-refractivity contribution in [1.82, 2.24) is 24.9 Å². The Kier molecular flexibility index (Phi) is 6.70. The number of hydrogen-bond acceptors (Lipinski definition) is 7. The topological polar surface area (TPSA) is 75.4 Å². The quantitative estimate of drug-likeness (QED) is 0.395. The van der Waals surface area contributed by atoms with Gasteiger partial charge in [-0.15, -0.1) is 11.3 Å². The van der Waals surface area contributed by atoms with Crippen LogP contribution in [-0.2, 0) is 17.8 Å². The molecule has 7 nitrogen and oxygen atoms in total. The maximum absolute atomic E-state index is 13.3. The lowest BCUT2D eigenvalue weighted by Gasteiger charge is -2.34. The van der Waals surface area contributed by atoms with Crippen LogP contribution in [-0.4, -0.2) is 57.0 Å². The molecular formula is C26H26FN5O2S. The van der Waals surface area contributed by atoms with E-state index in [0.717, 1.165) is 45.4 Å². The van der Waals surface area contributed by atoms with Gasteiger partial charge in [0.2, 0.25) is 17.6 Å². The van der Waals surface area contributed by atoms with Crippen LogP contribution in [0.3, 0.4) is 0 Å². The van der Waals surface area contributed by atoms with Gasteiger partial charge in [-0.25, -0.2) is 9.37 Å². The maximum Gasteiger partial charge on any atom is 0.241 e. The Hall–Kier alpha value is -3.43. The van der Waals surface area contributed by atoms with E-state index < -0.39 is 0 Å².